The lowest BCUT2D eigenvalue weighted by atomic mass is 10.0. The van der Waals surface area contributed by atoms with Crippen LogP contribution in [0, 0.1) is 11.6 Å². The van der Waals surface area contributed by atoms with E-state index < -0.39 is 5.82 Å². The van der Waals surface area contributed by atoms with Gasteiger partial charge in [0.15, 0.2) is 6.10 Å². The second-order valence-corrected chi connectivity index (χ2v) is 6.24. The van der Waals surface area contributed by atoms with Crippen molar-refractivity contribution in [1.82, 2.24) is 4.90 Å². The van der Waals surface area contributed by atoms with Gasteiger partial charge in [-0.15, -0.1) is 0 Å². The molecular weight excluding hydrogens is 338 g/mol. The van der Waals surface area contributed by atoms with Crippen LogP contribution in [0.15, 0.2) is 53.7 Å². The van der Waals surface area contributed by atoms with Crippen LogP contribution in [0.2, 0.25) is 0 Å². The van der Waals surface area contributed by atoms with Crippen LogP contribution in [0.4, 0.5) is 8.78 Å². The van der Waals surface area contributed by atoms with E-state index in [0.717, 1.165) is 6.42 Å². The minimum absolute atomic E-state index is 0.242. The smallest absolute Gasteiger partial charge is 0.254 e. The Kier molecular flexibility index (Phi) is 5.61. The molecule has 0 bridgehead atoms. The van der Waals surface area contributed by atoms with Gasteiger partial charge in [0.05, 0.1) is 12.3 Å². The number of carbonyl (C=O) groups is 1. The topological polar surface area (TPSA) is 41.9 Å². The summed E-state index contributed by atoms with van der Waals surface area (Å²) in [6, 6.07) is 11.8. The molecule has 6 heteroatoms. The fraction of sp³-hybridized carbons (Fsp3) is 0.300. The van der Waals surface area contributed by atoms with Gasteiger partial charge in [-0.05, 0) is 36.8 Å². The summed E-state index contributed by atoms with van der Waals surface area (Å²) in [5.74, 6) is -1.02. The van der Waals surface area contributed by atoms with E-state index in [0.29, 0.717) is 36.3 Å². The number of oxime groups is 1. The van der Waals surface area contributed by atoms with Crippen molar-refractivity contribution in [2.45, 2.75) is 25.9 Å². The molecule has 26 heavy (non-hydrogen) atoms. The standard InChI is InChI=1S/C20H20F2N2O2/c1-2-9-24(20(25)15-6-4-8-17(22)11-15)13-18-12-19(23-26-18)14-5-3-7-16(21)10-14/h3-8,10-11,18H,2,9,12-13H2,1H3. The molecule has 0 aromatic heterocycles. The van der Waals surface area contributed by atoms with Gasteiger partial charge in [0.25, 0.3) is 5.91 Å². The molecule has 1 aliphatic rings. The Bertz CT molecular complexity index is 823. The van der Waals surface area contributed by atoms with Gasteiger partial charge in [0, 0.05) is 24.1 Å². The van der Waals surface area contributed by atoms with Gasteiger partial charge in [-0.2, -0.15) is 0 Å². The highest BCUT2D eigenvalue weighted by Crippen LogP contribution is 2.19. The third-order valence-corrected chi connectivity index (χ3v) is 4.17. The van der Waals surface area contributed by atoms with Gasteiger partial charge >= 0.3 is 0 Å². The first-order valence-corrected chi connectivity index (χ1v) is 8.60. The molecule has 1 amide bonds. The van der Waals surface area contributed by atoms with Gasteiger partial charge in [0.1, 0.15) is 11.6 Å². The molecule has 2 aromatic rings. The lowest BCUT2D eigenvalue weighted by Crippen LogP contribution is -2.38. The number of benzene rings is 2. The van der Waals surface area contributed by atoms with Crippen molar-refractivity contribution in [3.8, 4) is 0 Å². The molecule has 1 aliphatic heterocycles. The second-order valence-electron chi connectivity index (χ2n) is 6.24. The van der Waals surface area contributed by atoms with Crippen LogP contribution in [-0.4, -0.2) is 35.7 Å². The maximum Gasteiger partial charge on any atom is 0.254 e. The highest BCUT2D eigenvalue weighted by atomic mass is 19.1. The minimum atomic E-state index is -0.443. The molecule has 0 N–H and O–H groups in total. The Hall–Kier alpha value is -2.76. The third-order valence-electron chi connectivity index (χ3n) is 4.17. The summed E-state index contributed by atoms with van der Waals surface area (Å²) >= 11 is 0. The molecule has 0 aliphatic carbocycles. The van der Waals surface area contributed by atoms with Crippen molar-refractivity contribution in [2.24, 2.45) is 5.16 Å². The van der Waals surface area contributed by atoms with Gasteiger partial charge < -0.3 is 9.74 Å². The minimum Gasteiger partial charge on any atom is -0.390 e. The normalized spacial score (nSPS) is 16.1. The summed E-state index contributed by atoms with van der Waals surface area (Å²) in [6.07, 6.45) is 0.947. The number of hydrogen-bond donors (Lipinski definition) is 0. The Morgan fingerprint density at radius 3 is 2.62 bits per heavy atom. The highest BCUT2D eigenvalue weighted by Gasteiger charge is 2.27. The molecule has 0 radical (unpaired) electrons. The Morgan fingerprint density at radius 2 is 1.92 bits per heavy atom. The molecule has 1 heterocycles. The lowest BCUT2D eigenvalue weighted by molar-refractivity contribution is 0.0423. The van der Waals surface area contributed by atoms with E-state index in [1.807, 2.05) is 6.92 Å². The fourth-order valence-electron chi connectivity index (χ4n) is 2.96. The van der Waals surface area contributed by atoms with E-state index in [1.54, 1.807) is 23.1 Å². The SMILES string of the molecule is CCCN(CC1CC(c2cccc(F)c2)=NO1)C(=O)c1cccc(F)c1. The highest BCUT2D eigenvalue weighted by molar-refractivity contribution is 6.01. The van der Waals surface area contributed by atoms with Gasteiger partial charge in [-0.25, -0.2) is 8.78 Å². The van der Waals surface area contributed by atoms with Crippen LogP contribution >= 0.6 is 0 Å². The van der Waals surface area contributed by atoms with E-state index in [1.165, 1.54) is 30.3 Å². The quantitative estimate of drug-likeness (QED) is 0.783. The van der Waals surface area contributed by atoms with E-state index in [4.69, 9.17) is 4.84 Å². The molecule has 136 valence electrons. The summed E-state index contributed by atoms with van der Waals surface area (Å²) in [5, 5.41) is 4.04. The molecule has 0 saturated carbocycles. The zero-order valence-corrected chi connectivity index (χ0v) is 14.5. The van der Waals surface area contributed by atoms with Crippen LogP contribution in [0.5, 0.6) is 0 Å². The summed E-state index contributed by atoms with van der Waals surface area (Å²) < 4.78 is 26.8. The molecule has 4 nitrogen and oxygen atoms in total. The van der Waals surface area contributed by atoms with Crippen LogP contribution in [-0.2, 0) is 4.84 Å². The Balaban J connectivity index is 1.67. The Morgan fingerprint density at radius 1 is 1.19 bits per heavy atom. The summed E-state index contributed by atoms with van der Waals surface area (Å²) in [4.78, 5) is 19.8. The Labute approximate surface area is 151 Å². The van der Waals surface area contributed by atoms with Crippen molar-refractivity contribution < 1.29 is 18.4 Å². The zero-order chi connectivity index (χ0) is 18.5. The zero-order valence-electron chi connectivity index (χ0n) is 14.5. The number of nitrogens with zero attached hydrogens (tertiary/aromatic N) is 2. The summed E-state index contributed by atoms with van der Waals surface area (Å²) in [6.45, 7) is 2.84. The van der Waals surface area contributed by atoms with Crippen LogP contribution in [0.3, 0.4) is 0 Å². The largest absolute Gasteiger partial charge is 0.390 e. The molecule has 1 atom stereocenters. The van der Waals surface area contributed by atoms with Crippen molar-refractivity contribution in [3.63, 3.8) is 0 Å². The second kappa shape index (κ2) is 8.08. The maximum absolute atomic E-state index is 13.4. The summed E-state index contributed by atoms with van der Waals surface area (Å²) in [7, 11) is 0. The van der Waals surface area contributed by atoms with Gasteiger partial charge in [-0.1, -0.05) is 30.3 Å². The first kappa shape index (κ1) is 18.0. The summed E-state index contributed by atoms with van der Waals surface area (Å²) in [5.41, 5.74) is 1.64. The van der Waals surface area contributed by atoms with E-state index in [-0.39, 0.29) is 17.8 Å². The number of halogens is 2. The molecule has 2 aromatic carbocycles. The average molecular weight is 358 g/mol. The lowest BCUT2D eigenvalue weighted by Gasteiger charge is -2.24. The van der Waals surface area contributed by atoms with Crippen molar-refractivity contribution >= 4 is 11.6 Å². The number of hydrogen-bond acceptors (Lipinski definition) is 3. The fourth-order valence-corrected chi connectivity index (χ4v) is 2.96. The number of carbonyl (C=O) groups excluding carboxylic acids is 1. The van der Waals surface area contributed by atoms with Crippen molar-refractivity contribution in [1.29, 1.82) is 0 Å². The maximum atomic E-state index is 13.4. The number of amides is 1. The van der Waals surface area contributed by atoms with Crippen LogP contribution in [0.1, 0.15) is 35.7 Å². The molecule has 0 fully saturated rings. The van der Waals surface area contributed by atoms with Crippen molar-refractivity contribution in [3.05, 3.63) is 71.3 Å². The number of rotatable bonds is 6. The molecule has 0 saturated heterocycles. The average Bonchev–Trinajstić information content (AvgIpc) is 3.09. The first-order chi connectivity index (χ1) is 12.6. The van der Waals surface area contributed by atoms with E-state index in [2.05, 4.69) is 5.16 Å². The van der Waals surface area contributed by atoms with E-state index in [9.17, 15) is 13.6 Å². The van der Waals surface area contributed by atoms with E-state index >= 15 is 0 Å². The first-order valence-electron chi connectivity index (χ1n) is 8.60. The van der Waals surface area contributed by atoms with Gasteiger partial charge in [-0.3, -0.25) is 4.79 Å². The molecule has 0 spiro atoms. The monoisotopic (exact) mass is 358 g/mol. The van der Waals surface area contributed by atoms with Crippen molar-refractivity contribution in [2.75, 3.05) is 13.1 Å². The predicted octanol–water partition coefficient (Wildman–Crippen LogP) is 4.01. The van der Waals surface area contributed by atoms with Crippen LogP contribution < -0.4 is 0 Å². The molecular formula is C20H20F2N2O2. The predicted molar refractivity (Wildman–Crippen MR) is 95.0 cm³/mol. The molecule has 1 unspecified atom stereocenters. The molecule has 3 rings (SSSR count). The van der Waals surface area contributed by atoms with Gasteiger partial charge in [0.2, 0.25) is 0 Å². The van der Waals surface area contributed by atoms with Crippen LogP contribution in [0.25, 0.3) is 0 Å². The third kappa shape index (κ3) is 4.25.